The summed E-state index contributed by atoms with van der Waals surface area (Å²) in [4.78, 5) is 4.20. The third-order valence-corrected chi connectivity index (χ3v) is 4.22. The number of rotatable bonds is 4. The summed E-state index contributed by atoms with van der Waals surface area (Å²) in [5.74, 6) is 3.28. The van der Waals surface area contributed by atoms with E-state index in [0.717, 1.165) is 11.4 Å². The zero-order valence-electron chi connectivity index (χ0n) is 9.53. The molecule has 3 N–H and O–H groups in total. The van der Waals surface area contributed by atoms with Gasteiger partial charge in [0.05, 0.1) is 5.01 Å². The largest absolute Gasteiger partial charge is 0.271 e. The van der Waals surface area contributed by atoms with Crippen molar-refractivity contribution in [2.75, 3.05) is 0 Å². The molecule has 0 aliphatic heterocycles. The summed E-state index contributed by atoms with van der Waals surface area (Å²) in [6, 6.07) is 0.0530. The second kappa shape index (κ2) is 5.37. The van der Waals surface area contributed by atoms with Crippen LogP contribution in [0, 0.1) is 5.92 Å². The normalized spacial score (nSPS) is 22.5. The molecule has 0 amide bonds. The minimum atomic E-state index is -2.48. The summed E-state index contributed by atoms with van der Waals surface area (Å²) in [6.07, 6.45) is 3.51. The molecule has 1 aromatic rings. The Kier molecular flexibility index (Phi) is 4.06. The summed E-state index contributed by atoms with van der Waals surface area (Å²) in [5.41, 5.74) is 2.76. The quantitative estimate of drug-likeness (QED) is 0.646. The number of hydrazine groups is 1. The van der Waals surface area contributed by atoms with Crippen molar-refractivity contribution in [1.82, 2.24) is 10.4 Å². The number of hydrogen-bond donors (Lipinski definition) is 2. The first kappa shape index (κ1) is 12.9. The van der Waals surface area contributed by atoms with Gasteiger partial charge in [-0.15, -0.1) is 11.3 Å². The molecule has 0 radical (unpaired) electrons. The van der Waals surface area contributed by atoms with Crippen LogP contribution in [-0.2, 0) is 6.42 Å². The first-order chi connectivity index (χ1) is 8.11. The Morgan fingerprint density at radius 1 is 1.53 bits per heavy atom. The Labute approximate surface area is 103 Å². The van der Waals surface area contributed by atoms with Crippen LogP contribution in [-0.4, -0.2) is 16.9 Å². The molecule has 1 heterocycles. The van der Waals surface area contributed by atoms with Crippen molar-refractivity contribution in [2.45, 2.75) is 44.1 Å². The van der Waals surface area contributed by atoms with Crippen LogP contribution in [0.4, 0.5) is 8.78 Å². The Morgan fingerprint density at radius 3 is 2.76 bits per heavy atom. The average Bonchev–Trinajstić information content (AvgIpc) is 2.79. The van der Waals surface area contributed by atoms with Crippen molar-refractivity contribution in [3.05, 3.63) is 16.6 Å². The van der Waals surface area contributed by atoms with Crippen molar-refractivity contribution in [2.24, 2.45) is 11.8 Å². The number of hydrogen-bond acceptors (Lipinski definition) is 4. The highest BCUT2D eigenvalue weighted by molar-refractivity contribution is 7.09. The van der Waals surface area contributed by atoms with E-state index in [2.05, 4.69) is 10.4 Å². The van der Waals surface area contributed by atoms with Gasteiger partial charge in [-0.05, 0) is 18.8 Å². The van der Waals surface area contributed by atoms with Gasteiger partial charge < -0.3 is 0 Å². The molecule has 96 valence electrons. The molecule has 6 heteroatoms. The van der Waals surface area contributed by atoms with Crippen molar-refractivity contribution < 1.29 is 8.78 Å². The van der Waals surface area contributed by atoms with Crippen LogP contribution in [0.25, 0.3) is 0 Å². The maximum atomic E-state index is 13.1. The molecule has 1 saturated carbocycles. The van der Waals surface area contributed by atoms with Gasteiger partial charge in [-0.25, -0.2) is 13.8 Å². The summed E-state index contributed by atoms with van der Waals surface area (Å²) in [7, 11) is 0. The van der Waals surface area contributed by atoms with E-state index in [4.69, 9.17) is 5.84 Å². The number of aromatic nitrogens is 1. The monoisotopic (exact) mass is 261 g/mol. The molecular weight excluding hydrogens is 244 g/mol. The smallest absolute Gasteiger partial charge is 0.248 e. The lowest BCUT2D eigenvalue weighted by atomic mass is 9.81. The van der Waals surface area contributed by atoms with E-state index in [1.54, 1.807) is 17.5 Å². The standard InChI is InChI=1S/C11H17F2N3S/c12-11(13)3-1-8(2-4-11)9(16-14)7-10-15-5-6-17-10/h5-6,8-9,16H,1-4,7,14H2. The fourth-order valence-electron chi connectivity index (χ4n) is 2.37. The fraction of sp³-hybridized carbons (Fsp3) is 0.727. The van der Waals surface area contributed by atoms with E-state index in [-0.39, 0.29) is 24.8 Å². The molecule has 2 rings (SSSR count). The summed E-state index contributed by atoms with van der Waals surface area (Å²) in [6.45, 7) is 0. The maximum Gasteiger partial charge on any atom is 0.248 e. The predicted octanol–water partition coefficient (Wildman–Crippen LogP) is 2.34. The van der Waals surface area contributed by atoms with Crippen molar-refractivity contribution in [1.29, 1.82) is 0 Å². The summed E-state index contributed by atoms with van der Waals surface area (Å²) >= 11 is 1.58. The molecule has 1 aromatic heterocycles. The van der Waals surface area contributed by atoms with Crippen LogP contribution in [0.2, 0.25) is 0 Å². The number of alkyl halides is 2. The lowest BCUT2D eigenvalue weighted by Crippen LogP contribution is -2.44. The Morgan fingerprint density at radius 2 is 2.24 bits per heavy atom. The molecule has 1 unspecified atom stereocenters. The Bertz CT molecular complexity index is 332. The van der Waals surface area contributed by atoms with Crippen molar-refractivity contribution in [3.8, 4) is 0 Å². The topological polar surface area (TPSA) is 50.9 Å². The van der Waals surface area contributed by atoms with E-state index >= 15 is 0 Å². The van der Waals surface area contributed by atoms with Crippen molar-refractivity contribution in [3.63, 3.8) is 0 Å². The minimum absolute atomic E-state index is 0.0201. The second-order valence-electron chi connectivity index (χ2n) is 4.60. The highest BCUT2D eigenvalue weighted by Crippen LogP contribution is 2.37. The molecule has 0 spiro atoms. The fourth-order valence-corrected chi connectivity index (χ4v) is 3.04. The first-order valence-corrected chi connectivity index (χ1v) is 6.71. The van der Waals surface area contributed by atoms with Gasteiger partial charge in [-0.1, -0.05) is 0 Å². The van der Waals surface area contributed by atoms with E-state index in [1.165, 1.54) is 0 Å². The van der Waals surface area contributed by atoms with E-state index in [9.17, 15) is 8.78 Å². The number of halogens is 2. The van der Waals surface area contributed by atoms with Crippen LogP contribution >= 0.6 is 11.3 Å². The maximum absolute atomic E-state index is 13.1. The summed E-state index contributed by atoms with van der Waals surface area (Å²) < 4.78 is 26.1. The predicted molar refractivity (Wildman–Crippen MR) is 63.8 cm³/mol. The van der Waals surface area contributed by atoms with Gasteiger partial charge >= 0.3 is 0 Å². The number of thiazole rings is 1. The van der Waals surface area contributed by atoms with Crippen LogP contribution < -0.4 is 11.3 Å². The van der Waals surface area contributed by atoms with Crippen LogP contribution in [0.5, 0.6) is 0 Å². The third-order valence-electron chi connectivity index (χ3n) is 3.42. The SMILES string of the molecule is NNC(Cc1nccs1)C1CCC(F)(F)CC1. The van der Waals surface area contributed by atoms with Crippen LogP contribution in [0.1, 0.15) is 30.7 Å². The highest BCUT2D eigenvalue weighted by atomic mass is 32.1. The zero-order valence-corrected chi connectivity index (χ0v) is 10.4. The molecular formula is C11H17F2N3S. The van der Waals surface area contributed by atoms with Gasteiger partial charge in [0.2, 0.25) is 5.92 Å². The van der Waals surface area contributed by atoms with Crippen molar-refractivity contribution >= 4 is 11.3 Å². The van der Waals surface area contributed by atoms with Gasteiger partial charge in [0, 0.05) is 36.9 Å². The molecule has 0 saturated heterocycles. The van der Waals surface area contributed by atoms with Crippen LogP contribution in [0.3, 0.4) is 0 Å². The molecule has 1 fully saturated rings. The molecule has 17 heavy (non-hydrogen) atoms. The summed E-state index contributed by atoms with van der Waals surface area (Å²) in [5, 5.41) is 2.92. The minimum Gasteiger partial charge on any atom is -0.271 e. The molecule has 0 bridgehead atoms. The van der Waals surface area contributed by atoms with Gasteiger partial charge in [-0.2, -0.15) is 0 Å². The lowest BCUT2D eigenvalue weighted by Gasteiger charge is -2.33. The van der Waals surface area contributed by atoms with Gasteiger partial charge in [0.25, 0.3) is 0 Å². The van der Waals surface area contributed by atoms with E-state index < -0.39 is 5.92 Å². The second-order valence-corrected chi connectivity index (χ2v) is 5.58. The highest BCUT2D eigenvalue weighted by Gasteiger charge is 2.37. The van der Waals surface area contributed by atoms with E-state index in [1.807, 2.05) is 5.38 Å². The molecule has 1 aliphatic rings. The number of nitrogens with one attached hydrogen (secondary N) is 1. The third kappa shape index (κ3) is 3.43. The number of nitrogens with zero attached hydrogens (tertiary/aromatic N) is 1. The number of nitrogens with two attached hydrogens (primary N) is 1. The van der Waals surface area contributed by atoms with Gasteiger partial charge in [0.1, 0.15) is 0 Å². The van der Waals surface area contributed by atoms with Gasteiger partial charge in [0.15, 0.2) is 0 Å². The zero-order chi connectivity index (χ0) is 12.3. The molecule has 3 nitrogen and oxygen atoms in total. The Balaban J connectivity index is 1.91. The molecule has 0 aromatic carbocycles. The molecule has 1 aliphatic carbocycles. The average molecular weight is 261 g/mol. The Hall–Kier alpha value is -0.590. The molecule has 1 atom stereocenters. The lowest BCUT2D eigenvalue weighted by molar-refractivity contribution is -0.0495. The van der Waals surface area contributed by atoms with Crippen LogP contribution in [0.15, 0.2) is 11.6 Å². The van der Waals surface area contributed by atoms with Gasteiger partial charge in [-0.3, -0.25) is 11.3 Å². The first-order valence-electron chi connectivity index (χ1n) is 5.83. The van der Waals surface area contributed by atoms with E-state index in [0.29, 0.717) is 12.8 Å².